The van der Waals surface area contributed by atoms with Crippen molar-refractivity contribution < 1.29 is 8.42 Å². The summed E-state index contributed by atoms with van der Waals surface area (Å²) in [5.41, 5.74) is 1.69. The molecular formula is C20H17NO2S. The maximum Gasteiger partial charge on any atom is 0.239 e. The molecule has 0 heterocycles. The van der Waals surface area contributed by atoms with E-state index in [9.17, 15) is 8.42 Å². The van der Waals surface area contributed by atoms with E-state index >= 15 is 0 Å². The van der Waals surface area contributed by atoms with E-state index < -0.39 is 10.0 Å². The summed E-state index contributed by atoms with van der Waals surface area (Å²) in [5.74, 6) is 2.96. The van der Waals surface area contributed by atoms with Crippen LogP contribution < -0.4 is 0 Å². The fraction of sp³-hybridized carbons (Fsp3) is 0.100. The Labute approximate surface area is 142 Å². The van der Waals surface area contributed by atoms with E-state index in [0.717, 1.165) is 21.9 Å². The zero-order valence-electron chi connectivity index (χ0n) is 13.3. The molecule has 0 aliphatic rings. The number of rotatable bonds is 3. The Balaban J connectivity index is 1.91. The minimum absolute atomic E-state index is 0.236. The van der Waals surface area contributed by atoms with Crippen molar-refractivity contribution in [2.45, 2.75) is 6.54 Å². The Morgan fingerprint density at radius 3 is 2.25 bits per heavy atom. The van der Waals surface area contributed by atoms with Gasteiger partial charge in [0, 0.05) is 11.6 Å². The molecule has 0 atom stereocenters. The van der Waals surface area contributed by atoms with Crippen molar-refractivity contribution in [2.75, 3.05) is 6.26 Å². The van der Waals surface area contributed by atoms with Crippen molar-refractivity contribution >= 4 is 20.8 Å². The van der Waals surface area contributed by atoms with E-state index in [1.807, 2.05) is 72.8 Å². The van der Waals surface area contributed by atoms with Crippen LogP contribution in [-0.2, 0) is 16.6 Å². The fourth-order valence-electron chi connectivity index (χ4n) is 2.38. The maximum absolute atomic E-state index is 12.0. The lowest BCUT2D eigenvalue weighted by atomic mass is 10.1. The molecule has 4 heteroatoms. The van der Waals surface area contributed by atoms with E-state index in [0.29, 0.717) is 0 Å². The topological polar surface area (TPSA) is 37.4 Å². The average molecular weight is 335 g/mol. The van der Waals surface area contributed by atoms with Crippen LogP contribution in [0.15, 0.2) is 72.8 Å². The van der Waals surface area contributed by atoms with E-state index in [1.165, 1.54) is 10.6 Å². The third kappa shape index (κ3) is 3.95. The zero-order valence-corrected chi connectivity index (χ0v) is 14.1. The molecule has 0 amide bonds. The number of nitrogens with zero attached hydrogens (tertiary/aromatic N) is 1. The van der Waals surface area contributed by atoms with Crippen LogP contribution in [0.4, 0.5) is 0 Å². The van der Waals surface area contributed by atoms with Gasteiger partial charge in [-0.25, -0.2) is 12.7 Å². The summed E-state index contributed by atoms with van der Waals surface area (Å²) < 4.78 is 25.2. The van der Waals surface area contributed by atoms with Crippen LogP contribution >= 0.6 is 0 Å². The Morgan fingerprint density at radius 1 is 0.875 bits per heavy atom. The second-order valence-corrected chi connectivity index (χ2v) is 7.46. The summed E-state index contributed by atoms with van der Waals surface area (Å²) in [5, 5.41) is 2.21. The van der Waals surface area contributed by atoms with Crippen LogP contribution in [0.3, 0.4) is 0 Å². The lowest BCUT2D eigenvalue weighted by molar-refractivity contribution is 0.515. The number of sulfonamides is 1. The zero-order chi connectivity index (χ0) is 17.0. The van der Waals surface area contributed by atoms with E-state index in [-0.39, 0.29) is 6.54 Å². The van der Waals surface area contributed by atoms with Gasteiger partial charge < -0.3 is 0 Å². The first-order chi connectivity index (χ1) is 11.5. The lowest BCUT2D eigenvalue weighted by Gasteiger charge is -2.14. The Morgan fingerprint density at radius 2 is 1.54 bits per heavy atom. The van der Waals surface area contributed by atoms with Crippen molar-refractivity contribution in [3.8, 4) is 12.0 Å². The van der Waals surface area contributed by atoms with Gasteiger partial charge in [-0.15, -0.1) is 0 Å². The normalized spacial score (nSPS) is 10.9. The van der Waals surface area contributed by atoms with Gasteiger partial charge in [0.05, 0.1) is 12.8 Å². The van der Waals surface area contributed by atoms with Gasteiger partial charge in [-0.1, -0.05) is 60.7 Å². The van der Waals surface area contributed by atoms with Gasteiger partial charge in [0.2, 0.25) is 10.0 Å². The minimum atomic E-state index is -3.42. The molecule has 24 heavy (non-hydrogen) atoms. The molecule has 0 radical (unpaired) electrons. The van der Waals surface area contributed by atoms with Crippen molar-refractivity contribution in [1.82, 2.24) is 4.31 Å². The highest BCUT2D eigenvalue weighted by Crippen LogP contribution is 2.15. The second kappa shape index (κ2) is 6.77. The summed E-state index contributed by atoms with van der Waals surface area (Å²) in [7, 11) is -3.42. The first kappa shape index (κ1) is 16.1. The van der Waals surface area contributed by atoms with E-state index in [2.05, 4.69) is 12.0 Å². The molecule has 0 N–H and O–H groups in total. The molecule has 0 aromatic heterocycles. The van der Waals surface area contributed by atoms with E-state index in [1.54, 1.807) is 0 Å². The molecular weight excluding hydrogens is 318 g/mol. The molecule has 0 spiro atoms. The highest BCUT2D eigenvalue weighted by molar-refractivity contribution is 7.88. The van der Waals surface area contributed by atoms with Gasteiger partial charge in [0.1, 0.15) is 0 Å². The Kier molecular flexibility index (Phi) is 4.54. The monoisotopic (exact) mass is 335 g/mol. The van der Waals surface area contributed by atoms with Crippen LogP contribution in [0.5, 0.6) is 0 Å². The van der Waals surface area contributed by atoms with Crippen LogP contribution in [-0.4, -0.2) is 19.0 Å². The van der Waals surface area contributed by atoms with Crippen LogP contribution in [0, 0.1) is 12.0 Å². The van der Waals surface area contributed by atoms with Gasteiger partial charge in [-0.3, -0.25) is 0 Å². The molecule has 0 aliphatic heterocycles. The molecule has 3 aromatic rings. The van der Waals surface area contributed by atoms with Crippen LogP contribution in [0.25, 0.3) is 10.8 Å². The van der Waals surface area contributed by atoms with E-state index in [4.69, 9.17) is 0 Å². The summed E-state index contributed by atoms with van der Waals surface area (Å²) in [6.45, 7) is 0.236. The van der Waals surface area contributed by atoms with Gasteiger partial charge >= 0.3 is 0 Å². The molecule has 0 fully saturated rings. The number of benzene rings is 3. The van der Waals surface area contributed by atoms with Crippen molar-refractivity contribution in [3.05, 3.63) is 83.9 Å². The maximum atomic E-state index is 12.0. The van der Waals surface area contributed by atoms with Gasteiger partial charge in [0.25, 0.3) is 0 Å². The second-order valence-electron chi connectivity index (χ2n) is 5.55. The largest absolute Gasteiger partial charge is 0.239 e. The summed E-state index contributed by atoms with van der Waals surface area (Å²) >= 11 is 0. The summed E-state index contributed by atoms with van der Waals surface area (Å²) in [4.78, 5) is 0. The minimum Gasteiger partial charge on any atom is -0.224 e. The lowest BCUT2D eigenvalue weighted by Crippen LogP contribution is -2.24. The van der Waals surface area contributed by atoms with Gasteiger partial charge in [-0.05, 0) is 34.4 Å². The standard InChI is InChI=1S/C20H17NO2S/c1-24(22,23)21(16-18-7-3-2-4-8-18)14-13-17-11-12-19-9-5-6-10-20(19)15-17/h2-12,15H,16H2,1H3. The molecule has 0 bridgehead atoms. The van der Waals surface area contributed by atoms with Crippen molar-refractivity contribution in [3.63, 3.8) is 0 Å². The van der Waals surface area contributed by atoms with Crippen molar-refractivity contribution in [2.24, 2.45) is 0 Å². The smallest absolute Gasteiger partial charge is 0.224 e. The predicted molar refractivity (Wildman–Crippen MR) is 97.7 cm³/mol. The first-order valence-electron chi connectivity index (χ1n) is 7.54. The molecule has 3 nitrogen and oxygen atoms in total. The molecule has 120 valence electrons. The van der Waals surface area contributed by atoms with Gasteiger partial charge in [0.15, 0.2) is 0 Å². The molecule has 3 rings (SSSR count). The number of hydrogen-bond acceptors (Lipinski definition) is 2. The Hall–Kier alpha value is -2.77. The molecule has 0 saturated carbocycles. The van der Waals surface area contributed by atoms with Crippen LogP contribution in [0.2, 0.25) is 0 Å². The molecule has 0 saturated heterocycles. The van der Waals surface area contributed by atoms with Crippen LogP contribution in [0.1, 0.15) is 11.1 Å². The Bertz CT molecular complexity index is 1020. The molecule has 0 aliphatic carbocycles. The van der Waals surface area contributed by atoms with Gasteiger partial charge in [-0.2, -0.15) is 0 Å². The number of fused-ring (bicyclic) bond motifs is 1. The first-order valence-corrected chi connectivity index (χ1v) is 9.39. The molecule has 3 aromatic carbocycles. The number of hydrogen-bond donors (Lipinski definition) is 0. The highest BCUT2D eigenvalue weighted by atomic mass is 32.2. The fourth-order valence-corrected chi connectivity index (χ4v) is 2.98. The van der Waals surface area contributed by atoms with Crippen molar-refractivity contribution in [1.29, 1.82) is 0 Å². The summed E-state index contributed by atoms with van der Waals surface area (Å²) in [6.07, 6.45) is 1.17. The summed E-state index contributed by atoms with van der Waals surface area (Å²) in [6, 6.07) is 26.1. The quantitative estimate of drug-likeness (QED) is 0.542. The highest BCUT2D eigenvalue weighted by Gasteiger charge is 2.12. The third-order valence-electron chi connectivity index (χ3n) is 3.64. The average Bonchev–Trinajstić information content (AvgIpc) is 2.58. The predicted octanol–water partition coefficient (Wildman–Crippen LogP) is 3.61. The third-order valence-corrected chi connectivity index (χ3v) is 4.66. The molecule has 0 unspecified atom stereocenters. The SMILES string of the molecule is CS(=O)(=O)N(C#Cc1ccc2ccccc2c1)Cc1ccccc1.